The van der Waals surface area contributed by atoms with E-state index in [1.165, 1.54) is 0 Å². The summed E-state index contributed by atoms with van der Waals surface area (Å²) >= 11 is 2.73. The minimum atomic E-state index is -1.24. The summed E-state index contributed by atoms with van der Waals surface area (Å²) in [4.78, 5) is 20.6. The molecule has 1 rings (SSSR count). The van der Waals surface area contributed by atoms with Crippen molar-refractivity contribution >= 4 is 21.9 Å². The summed E-state index contributed by atoms with van der Waals surface area (Å²) in [5, 5.41) is 10.3. The van der Waals surface area contributed by atoms with Crippen molar-refractivity contribution < 1.29 is 14.4 Å². The lowest BCUT2D eigenvalue weighted by molar-refractivity contribution is 0.0685. The number of hydrogen-bond donors (Lipinski definition) is 2. The molecule has 5 nitrogen and oxygen atoms in total. The van der Waals surface area contributed by atoms with Crippen LogP contribution in [0.3, 0.4) is 0 Å². The van der Waals surface area contributed by atoms with Gasteiger partial charge in [-0.15, -0.1) is 0 Å². The van der Waals surface area contributed by atoms with Crippen LogP contribution in [0.4, 0.5) is 0 Å². The van der Waals surface area contributed by atoms with E-state index in [2.05, 4.69) is 20.5 Å². The monoisotopic (exact) mass is 207 g/mol. The van der Waals surface area contributed by atoms with Crippen LogP contribution in [-0.4, -0.2) is 16.2 Å². The lowest BCUT2D eigenvalue weighted by Crippen LogP contribution is -1.99. The van der Waals surface area contributed by atoms with E-state index >= 15 is 0 Å². The Morgan fingerprint density at radius 3 is 2.50 bits per heavy atom. The standard InChI is InChI=1S/C4H2BrNO4/c5-1-2(3(7)8)6-10-4(1)9/h6H,(H,7,8). The average molecular weight is 208 g/mol. The number of carboxylic acid groups (broad SMARTS) is 1. The molecule has 0 radical (unpaired) electrons. The van der Waals surface area contributed by atoms with Gasteiger partial charge in [-0.2, -0.15) is 0 Å². The van der Waals surface area contributed by atoms with Crippen molar-refractivity contribution in [1.82, 2.24) is 5.16 Å². The van der Waals surface area contributed by atoms with Gasteiger partial charge in [0.1, 0.15) is 4.47 Å². The molecule has 0 bridgehead atoms. The molecule has 0 saturated heterocycles. The minimum absolute atomic E-state index is 0.0972. The summed E-state index contributed by atoms with van der Waals surface area (Å²) < 4.78 is 4.05. The number of H-pyrrole nitrogens is 1. The SMILES string of the molecule is O=C(O)c1[nH]oc(=O)c1Br. The Bertz CT molecular complexity index is 311. The van der Waals surface area contributed by atoms with E-state index in [4.69, 9.17) is 5.11 Å². The topological polar surface area (TPSA) is 83.3 Å². The molecule has 1 aromatic heterocycles. The van der Waals surface area contributed by atoms with Crippen LogP contribution < -0.4 is 5.63 Å². The number of rotatable bonds is 1. The predicted molar refractivity (Wildman–Crippen MR) is 34.0 cm³/mol. The first kappa shape index (κ1) is 7.07. The molecule has 0 aliphatic rings. The maximum Gasteiger partial charge on any atom is 0.372 e. The normalized spacial score (nSPS) is 9.70. The molecule has 1 heterocycles. The van der Waals surface area contributed by atoms with Gasteiger partial charge in [0.25, 0.3) is 0 Å². The molecule has 0 aliphatic carbocycles. The van der Waals surface area contributed by atoms with Crippen molar-refractivity contribution in [3.63, 3.8) is 0 Å². The Kier molecular flexibility index (Phi) is 1.62. The highest BCUT2D eigenvalue weighted by Gasteiger charge is 2.14. The second-order valence-electron chi connectivity index (χ2n) is 1.49. The molecule has 0 aliphatic heterocycles. The lowest BCUT2D eigenvalue weighted by atomic mass is 10.4. The molecule has 0 atom stereocenters. The highest BCUT2D eigenvalue weighted by Crippen LogP contribution is 2.07. The van der Waals surface area contributed by atoms with Crippen LogP contribution in [0, 0.1) is 0 Å². The second-order valence-corrected chi connectivity index (χ2v) is 2.28. The van der Waals surface area contributed by atoms with Crippen LogP contribution in [0.25, 0.3) is 0 Å². The molecular formula is C4H2BrNO4. The fourth-order valence-corrected chi connectivity index (χ4v) is 0.758. The van der Waals surface area contributed by atoms with Gasteiger partial charge in [-0.1, -0.05) is 0 Å². The molecule has 0 aromatic carbocycles. The smallest absolute Gasteiger partial charge is 0.372 e. The zero-order chi connectivity index (χ0) is 7.72. The van der Waals surface area contributed by atoms with Crippen molar-refractivity contribution in [2.45, 2.75) is 0 Å². The maximum atomic E-state index is 10.4. The quantitative estimate of drug-likeness (QED) is 0.700. The van der Waals surface area contributed by atoms with Gasteiger partial charge in [0.15, 0.2) is 5.69 Å². The van der Waals surface area contributed by atoms with Crippen LogP contribution in [0.5, 0.6) is 0 Å². The van der Waals surface area contributed by atoms with E-state index in [0.717, 1.165) is 0 Å². The first-order valence-electron chi connectivity index (χ1n) is 2.23. The van der Waals surface area contributed by atoms with Crippen molar-refractivity contribution in [2.24, 2.45) is 0 Å². The highest BCUT2D eigenvalue weighted by molar-refractivity contribution is 9.10. The van der Waals surface area contributed by atoms with Crippen LogP contribution in [0.15, 0.2) is 13.8 Å². The number of aromatic carboxylic acids is 1. The Morgan fingerprint density at radius 2 is 2.30 bits per heavy atom. The summed E-state index contributed by atoms with van der Waals surface area (Å²) in [6, 6.07) is 0. The van der Waals surface area contributed by atoms with Gasteiger partial charge >= 0.3 is 11.6 Å². The van der Waals surface area contributed by atoms with E-state index in [9.17, 15) is 9.59 Å². The van der Waals surface area contributed by atoms with Crippen molar-refractivity contribution in [3.8, 4) is 0 Å². The molecule has 2 N–H and O–H groups in total. The third kappa shape index (κ3) is 0.971. The number of carbonyl (C=O) groups is 1. The Labute approximate surface area is 62.7 Å². The highest BCUT2D eigenvalue weighted by atomic mass is 79.9. The third-order valence-electron chi connectivity index (χ3n) is 0.858. The van der Waals surface area contributed by atoms with Crippen LogP contribution in [0.2, 0.25) is 0 Å². The zero-order valence-electron chi connectivity index (χ0n) is 4.55. The zero-order valence-corrected chi connectivity index (χ0v) is 6.14. The van der Waals surface area contributed by atoms with Gasteiger partial charge in [0.05, 0.1) is 0 Å². The maximum absolute atomic E-state index is 10.4. The van der Waals surface area contributed by atoms with Crippen molar-refractivity contribution in [3.05, 3.63) is 20.6 Å². The number of aromatic amines is 1. The summed E-state index contributed by atoms with van der Waals surface area (Å²) in [6.45, 7) is 0. The van der Waals surface area contributed by atoms with E-state index in [1.807, 2.05) is 5.16 Å². The van der Waals surface area contributed by atoms with E-state index < -0.39 is 11.6 Å². The van der Waals surface area contributed by atoms with Gasteiger partial charge in [-0.25, -0.2) is 14.7 Å². The Hall–Kier alpha value is -1.04. The fraction of sp³-hybridized carbons (Fsp3) is 0. The van der Waals surface area contributed by atoms with Crippen LogP contribution in [0.1, 0.15) is 10.5 Å². The molecule has 0 unspecified atom stereocenters. The van der Waals surface area contributed by atoms with E-state index in [0.29, 0.717) is 0 Å². The number of nitrogens with one attached hydrogen (secondary N) is 1. The summed E-state index contributed by atoms with van der Waals surface area (Å²) in [5.74, 6) is -1.24. The number of halogens is 1. The van der Waals surface area contributed by atoms with Gasteiger partial charge < -0.3 is 9.63 Å². The molecule has 0 spiro atoms. The molecule has 0 saturated carbocycles. The Morgan fingerprint density at radius 1 is 1.70 bits per heavy atom. The summed E-state index contributed by atoms with van der Waals surface area (Å²) in [7, 11) is 0. The average Bonchev–Trinajstić information content (AvgIpc) is 2.14. The first-order chi connectivity index (χ1) is 4.63. The molecule has 10 heavy (non-hydrogen) atoms. The van der Waals surface area contributed by atoms with E-state index in [-0.39, 0.29) is 10.2 Å². The number of hydrogen-bond acceptors (Lipinski definition) is 3. The van der Waals surface area contributed by atoms with Gasteiger partial charge in [-0.05, 0) is 15.9 Å². The molecule has 6 heteroatoms. The van der Waals surface area contributed by atoms with Gasteiger partial charge in [0.2, 0.25) is 0 Å². The fourth-order valence-electron chi connectivity index (χ4n) is 0.427. The number of aromatic nitrogens is 1. The van der Waals surface area contributed by atoms with Gasteiger partial charge in [-0.3, -0.25) is 0 Å². The van der Waals surface area contributed by atoms with Crippen molar-refractivity contribution in [2.75, 3.05) is 0 Å². The summed E-state index contributed by atoms with van der Waals surface area (Å²) in [5.41, 5.74) is -0.998. The molecule has 0 fully saturated rings. The van der Waals surface area contributed by atoms with E-state index in [1.54, 1.807) is 0 Å². The second kappa shape index (κ2) is 2.30. The van der Waals surface area contributed by atoms with Crippen LogP contribution >= 0.6 is 15.9 Å². The van der Waals surface area contributed by atoms with Crippen LogP contribution in [-0.2, 0) is 0 Å². The van der Waals surface area contributed by atoms with Gasteiger partial charge in [0, 0.05) is 0 Å². The molecule has 54 valence electrons. The largest absolute Gasteiger partial charge is 0.476 e. The molecular weight excluding hydrogens is 206 g/mol. The third-order valence-corrected chi connectivity index (χ3v) is 1.58. The summed E-state index contributed by atoms with van der Waals surface area (Å²) in [6.07, 6.45) is 0. The first-order valence-corrected chi connectivity index (χ1v) is 3.02. The predicted octanol–water partition coefficient (Wildman–Crippen LogP) is 0.429. The minimum Gasteiger partial charge on any atom is -0.476 e. The molecule has 0 amide bonds. The Balaban J connectivity index is 3.31. The lowest BCUT2D eigenvalue weighted by Gasteiger charge is -1.81. The number of carboxylic acids is 1. The molecule has 1 aromatic rings. The van der Waals surface area contributed by atoms with Crippen molar-refractivity contribution in [1.29, 1.82) is 0 Å².